The first-order chi connectivity index (χ1) is 16.3. The SMILES string of the molecule is C=C1C[C@H]2O[C@H]([C@@H]3[C@@H](C(C)C)[C@H](OC(C)=O)[C@H](OC(C)=O)[C@@]4(CO4)[C@@H]32)[C@](C)(OC(C)=O)CC[C@@H]1O. The van der Waals surface area contributed by atoms with Gasteiger partial charge in [0.15, 0.2) is 6.10 Å². The van der Waals surface area contributed by atoms with Crippen LogP contribution in [0.2, 0.25) is 0 Å². The van der Waals surface area contributed by atoms with Crippen molar-refractivity contribution in [3.8, 4) is 0 Å². The van der Waals surface area contributed by atoms with Gasteiger partial charge in [-0.1, -0.05) is 20.4 Å². The molecule has 35 heavy (non-hydrogen) atoms. The summed E-state index contributed by atoms with van der Waals surface area (Å²) in [6, 6.07) is 0. The molecule has 4 fully saturated rings. The zero-order valence-corrected chi connectivity index (χ0v) is 21.4. The molecule has 3 heterocycles. The van der Waals surface area contributed by atoms with Crippen molar-refractivity contribution >= 4 is 17.9 Å². The molecule has 3 saturated heterocycles. The van der Waals surface area contributed by atoms with Gasteiger partial charge in [-0.25, -0.2) is 0 Å². The standard InChI is InChI=1S/C26H38O9/c1-12(2)19-20-21(26(11-31-26)24(33-15(5)28)22(19)32-14(4)27)18-10-13(3)17(30)8-9-25(7,23(20)34-18)35-16(6)29/h12,17-24,30H,3,8-11H2,1-2,4-7H3/t17-,18+,19+,20+,21+,22-,23+,24-,25+,26+/m0/s1. The number of hydrogen-bond acceptors (Lipinski definition) is 9. The van der Waals surface area contributed by atoms with Gasteiger partial charge in [0, 0.05) is 38.5 Å². The third kappa shape index (κ3) is 4.51. The zero-order valence-electron chi connectivity index (χ0n) is 21.4. The van der Waals surface area contributed by atoms with Gasteiger partial charge < -0.3 is 28.8 Å². The minimum absolute atomic E-state index is 0.0177. The van der Waals surface area contributed by atoms with Crippen molar-refractivity contribution < 1.29 is 43.2 Å². The number of carbonyl (C=O) groups excluding carboxylic acids is 3. The molecule has 1 spiro atoms. The predicted octanol–water partition coefficient (Wildman–Crippen LogP) is 2.33. The summed E-state index contributed by atoms with van der Waals surface area (Å²) in [5.74, 6) is -2.10. The van der Waals surface area contributed by atoms with E-state index in [1.54, 1.807) is 0 Å². The Hall–Kier alpha value is -1.97. The lowest BCUT2D eigenvalue weighted by atomic mass is 9.56. The maximum Gasteiger partial charge on any atom is 0.303 e. The van der Waals surface area contributed by atoms with E-state index in [9.17, 15) is 19.5 Å². The molecule has 0 aromatic rings. The number of carbonyl (C=O) groups is 3. The van der Waals surface area contributed by atoms with Gasteiger partial charge in [-0.05, 0) is 37.7 Å². The van der Waals surface area contributed by atoms with E-state index in [4.69, 9.17) is 23.7 Å². The molecule has 1 saturated carbocycles. The largest absolute Gasteiger partial charge is 0.458 e. The average molecular weight is 495 g/mol. The predicted molar refractivity (Wildman–Crippen MR) is 123 cm³/mol. The van der Waals surface area contributed by atoms with Crippen molar-refractivity contribution in [2.24, 2.45) is 23.7 Å². The fourth-order valence-electron chi connectivity index (χ4n) is 7.04. The van der Waals surface area contributed by atoms with E-state index >= 15 is 0 Å². The second-order valence-corrected chi connectivity index (χ2v) is 11.2. The van der Waals surface area contributed by atoms with Gasteiger partial charge in [-0.3, -0.25) is 14.4 Å². The summed E-state index contributed by atoms with van der Waals surface area (Å²) in [4.78, 5) is 36.6. The lowest BCUT2D eigenvalue weighted by Gasteiger charge is -2.51. The molecule has 196 valence electrons. The number of fused-ring (bicyclic) bond motifs is 6. The van der Waals surface area contributed by atoms with Crippen molar-refractivity contribution in [3.63, 3.8) is 0 Å². The number of aliphatic hydroxyl groups excluding tert-OH is 1. The summed E-state index contributed by atoms with van der Waals surface area (Å²) >= 11 is 0. The van der Waals surface area contributed by atoms with Crippen LogP contribution in [0.1, 0.15) is 60.8 Å². The fourth-order valence-corrected chi connectivity index (χ4v) is 7.04. The summed E-state index contributed by atoms with van der Waals surface area (Å²) in [6.45, 7) is 14.4. The maximum absolute atomic E-state index is 12.2. The summed E-state index contributed by atoms with van der Waals surface area (Å²) < 4.78 is 30.4. The minimum atomic E-state index is -1.03. The van der Waals surface area contributed by atoms with Crippen LogP contribution >= 0.6 is 0 Å². The second kappa shape index (κ2) is 9.16. The highest BCUT2D eigenvalue weighted by Gasteiger charge is 2.76. The maximum atomic E-state index is 12.2. The zero-order chi connectivity index (χ0) is 25.9. The van der Waals surface area contributed by atoms with E-state index in [0.29, 0.717) is 31.4 Å². The fraction of sp³-hybridized carbons (Fsp3) is 0.808. The van der Waals surface area contributed by atoms with Gasteiger partial charge in [-0.2, -0.15) is 0 Å². The Morgan fingerprint density at radius 1 is 1.11 bits per heavy atom. The molecule has 0 aromatic heterocycles. The molecule has 1 aliphatic carbocycles. The molecule has 0 aromatic carbocycles. The second-order valence-electron chi connectivity index (χ2n) is 11.2. The molecule has 9 heteroatoms. The molecule has 1 N–H and O–H groups in total. The molecule has 3 aliphatic heterocycles. The van der Waals surface area contributed by atoms with Crippen LogP contribution in [-0.2, 0) is 38.1 Å². The van der Waals surface area contributed by atoms with Crippen LogP contribution in [0, 0.1) is 23.7 Å². The Morgan fingerprint density at radius 3 is 2.26 bits per heavy atom. The number of esters is 3. The van der Waals surface area contributed by atoms with E-state index < -0.39 is 59.6 Å². The molecule has 0 amide bonds. The van der Waals surface area contributed by atoms with Gasteiger partial charge in [0.25, 0.3) is 0 Å². The normalized spacial score (nSPS) is 44.6. The summed E-state index contributed by atoms with van der Waals surface area (Å²) in [6.07, 6.45) is -2.10. The van der Waals surface area contributed by atoms with Gasteiger partial charge >= 0.3 is 17.9 Å². The third-order valence-electron chi connectivity index (χ3n) is 8.32. The Labute approximate surface area is 206 Å². The molecule has 0 unspecified atom stereocenters. The number of ether oxygens (including phenoxy) is 5. The van der Waals surface area contributed by atoms with Crippen LogP contribution in [0.5, 0.6) is 0 Å². The quantitative estimate of drug-likeness (QED) is 0.272. The average Bonchev–Trinajstić information content (AvgIpc) is 3.41. The lowest BCUT2D eigenvalue weighted by Crippen LogP contribution is -2.65. The highest BCUT2D eigenvalue weighted by Crippen LogP contribution is 2.63. The van der Waals surface area contributed by atoms with Crippen molar-refractivity contribution in [1.29, 1.82) is 0 Å². The molecule has 10 atom stereocenters. The Balaban J connectivity index is 1.88. The summed E-state index contributed by atoms with van der Waals surface area (Å²) in [5.41, 5.74) is -1.29. The van der Waals surface area contributed by atoms with E-state index in [0.717, 1.165) is 0 Å². The number of rotatable bonds is 4. The molecule has 2 bridgehead atoms. The van der Waals surface area contributed by atoms with Crippen LogP contribution < -0.4 is 0 Å². The Bertz CT molecular complexity index is 893. The van der Waals surface area contributed by atoms with Crippen molar-refractivity contribution in [1.82, 2.24) is 0 Å². The van der Waals surface area contributed by atoms with Crippen LogP contribution in [0.3, 0.4) is 0 Å². The number of epoxide rings is 1. The number of hydrogen-bond donors (Lipinski definition) is 1. The first-order valence-corrected chi connectivity index (χ1v) is 12.5. The molecule has 0 radical (unpaired) electrons. The van der Waals surface area contributed by atoms with E-state index in [1.165, 1.54) is 20.8 Å². The van der Waals surface area contributed by atoms with E-state index in [2.05, 4.69) is 6.58 Å². The van der Waals surface area contributed by atoms with E-state index in [-0.39, 0.29) is 23.7 Å². The summed E-state index contributed by atoms with van der Waals surface area (Å²) in [7, 11) is 0. The van der Waals surface area contributed by atoms with E-state index in [1.807, 2.05) is 20.8 Å². The molecular weight excluding hydrogens is 456 g/mol. The lowest BCUT2D eigenvalue weighted by molar-refractivity contribution is -0.207. The van der Waals surface area contributed by atoms with Crippen LogP contribution in [0.15, 0.2) is 12.2 Å². The topological polar surface area (TPSA) is 121 Å². The van der Waals surface area contributed by atoms with Gasteiger partial charge in [0.2, 0.25) is 0 Å². The highest BCUT2D eigenvalue weighted by atomic mass is 16.7. The highest BCUT2D eigenvalue weighted by molar-refractivity contribution is 5.68. The van der Waals surface area contributed by atoms with Crippen molar-refractivity contribution in [2.75, 3.05) is 6.61 Å². The van der Waals surface area contributed by atoms with Crippen LogP contribution in [0.4, 0.5) is 0 Å². The van der Waals surface area contributed by atoms with Crippen LogP contribution in [0.25, 0.3) is 0 Å². The van der Waals surface area contributed by atoms with Gasteiger partial charge in [-0.15, -0.1) is 0 Å². The minimum Gasteiger partial charge on any atom is -0.458 e. The number of aliphatic hydroxyl groups is 1. The van der Waals surface area contributed by atoms with Crippen LogP contribution in [-0.4, -0.2) is 71.3 Å². The smallest absolute Gasteiger partial charge is 0.303 e. The summed E-state index contributed by atoms with van der Waals surface area (Å²) in [5, 5.41) is 10.7. The van der Waals surface area contributed by atoms with Gasteiger partial charge in [0.05, 0.1) is 18.8 Å². The Kier molecular flexibility index (Phi) is 6.83. The van der Waals surface area contributed by atoms with Crippen molar-refractivity contribution in [2.45, 2.75) is 103 Å². The van der Waals surface area contributed by atoms with Crippen molar-refractivity contribution in [3.05, 3.63) is 12.2 Å². The molecular formula is C26H38O9. The molecule has 9 nitrogen and oxygen atoms in total. The third-order valence-corrected chi connectivity index (χ3v) is 8.32. The van der Waals surface area contributed by atoms with Gasteiger partial charge in [0.1, 0.15) is 23.4 Å². The monoisotopic (exact) mass is 494 g/mol. The first-order valence-electron chi connectivity index (χ1n) is 12.5. The Morgan fingerprint density at radius 2 is 1.74 bits per heavy atom. The molecule has 4 rings (SSSR count). The first kappa shape index (κ1) is 26.1. The molecule has 4 aliphatic rings.